The van der Waals surface area contributed by atoms with Gasteiger partial charge in [-0.25, -0.2) is 4.98 Å². The lowest BCUT2D eigenvalue weighted by Crippen LogP contribution is -2.39. The summed E-state index contributed by atoms with van der Waals surface area (Å²) < 4.78 is 43.3. The largest absolute Gasteiger partial charge is 0.522 e. The van der Waals surface area contributed by atoms with Gasteiger partial charge in [0, 0.05) is 38.3 Å². The predicted octanol–water partition coefficient (Wildman–Crippen LogP) is 4.22. The van der Waals surface area contributed by atoms with Gasteiger partial charge in [-0.1, -0.05) is 19.1 Å². The van der Waals surface area contributed by atoms with Crippen molar-refractivity contribution in [3.05, 3.63) is 47.0 Å². The Kier molecular flexibility index (Phi) is 6.74. The van der Waals surface area contributed by atoms with E-state index in [2.05, 4.69) is 24.5 Å². The normalized spacial score (nSPS) is 17.3. The lowest BCUT2D eigenvalue weighted by Gasteiger charge is -2.33. The van der Waals surface area contributed by atoms with E-state index in [1.807, 2.05) is 31.2 Å². The van der Waals surface area contributed by atoms with Crippen LogP contribution in [0.3, 0.4) is 0 Å². The molecule has 6 nitrogen and oxygen atoms in total. The van der Waals surface area contributed by atoms with E-state index in [4.69, 9.17) is 0 Å². The van der Waals surface area contributed by atoms with Crippen molar-refractivity contribution in [2.75, 3.05) is 18.0 Å². The number of piperidine rings is 1. The van der Waals surface area contributed by atoms with E-state index < -0.39 is 12.5 Å². The molecule has 2 aromatic rings. The Labute approximate surface area is 185 Å². The summed E-state index contributed by atoms with van der Waals surface area (Å²) in [7, 11) is 0. The summed E-state index contributed by atoms with van der Waals surface area (Å²) in [6, 6.07) is 7.79. The molecule has 4 rings (SSSR count). The molecule has 0 unspecified atom stereocenters. The smallest absolute Gasteiger partial charge is 0.371 e. The fraction of sp³-hybridized carbons (Fsp3) is 0.565. The summed E-state index contributed by atoms with van der Waals surface area (Å²) in [4.78, 5) is 19.6. The van der Waals surface area contributed by atoms with Crippen molar-refractivity contribution in [2.24, 2.45) is 0 Å². The number of ether oxygens (including phenoxy) is 1. The molecule has 0 saturated carbocycles. The molecule has 1 aromatic carbocycles. The maximum Gasteiger partial charge on any atom is 0.522 e. The molecule has 1 amide bonds. The van der Waals surface area contributed by atoms with Crippen molar-refractivity contribution in [2.45, 2.75) is 71.0 Å². The van der Waals surface area contributed by atoms with Crippen LogP contribution in [0.5, 0.6) is 0 Å². The van der Waals surface area contributed by atoms with E-state index in [1.165, 1.54) is 0 Å². The summed E-state index contributed by atoms with van der Waals surface area (Å²) in [6.45, 7) is 4.29. The molecule has 1 fully saturated rings. The Bertz CT molecular complexity index is 932. The number of nitrogens with zero attached hydrogens (tertiary/aromatic N) is 3. The number of aromatic nitrogens is 2. The first-order valence-corrected chi connectivity index (χ1v) is 11.3. The number of carbonyl (C=O) groups is 1. The summed E-state index contributed by atoms with van der Waals surface area (Å²) in [6.07, 6.45) is -0.854. The zero-order valence-corrected chi connectivity index (χ0v) is 18.2. The number of anilines is 1. The summed E-state index contributed by atoms with van der Waals surface area (Å²) in [5.74, 6) is 0.908. The summed E-state index contributed by atoms with van der Waals surface area (Å²) >= 11 is 0. The van der Waals surface area contributed by atoms with Crippen LogP contribution >= 0.6 is 0 Å². The van der Waals surface area contributed by atoms with Crippen molar-refractivity contribution in [1.82, 2.24) is 14.9 Å². The lowest BCUT2D eigenvalue weighted by atomic mass is 10.1. The Morgan fingerprint density at radius 2 is 1.88 bits per heavy atom. The van der Waals surface area contributed by atoms with E-state index in [1.54, 1.807) is 0 Å². The summed E-state index contributed by atoms with van der Waals surface area (Å²) in [5.41, 5.74) is 3.47. The first-order valence-electron chi connectivity index (χ1n) is 11.3. The van der Waals surface area contributed by atoms with Crippen LogP contribution in [0.1, 0.15) is 60.2 Å². The number of hydrogen-bond acceptors (Lipinski definition) is 4. The quantitative estimate of drug-likeness (QED) is 0.716. The third-order valence-corrected chi connectivity index (χ3v) is 6.20. The molecule has 0 bridgehead atoms. The van der Waals surface area contributed by atoms with Gasteiger partial charge in [-0.05, 0) is 49.8 Å². The van der Waals surface area contributed by atoms with Crippen molar-refractivity contribution >= 4 is 11.6 Å². The minimum absolute atomic E-state index is 0.0988. The highest BCUT2D eigenvalue weighted by Gasteiger charge is 2.35. The minimum atomic E-state index is -4.58. The van der Waals surface area contributed by atoms with E-state index in [9.17, 15) is 18.0 Å². The molecule has 0 atom stereocenters. The Morgan fingerprint density at radius 1 is 1.16 bits per heavy atom. The van der Waals surface area contributed by atoms with Crippen LogP contribution in [-0.4, -0.2) is 41.0 Å². The SMILES string of the molecule is CCc1nc2n(c1C(=O)NCc1ccc(N3CCC(OC(F)(F)F)CC3)cc1)CCCC2. The topological polar surface area (TPSA) is 59.4 Å². The van der Waals surface area contributed by atoms with Crippen LogP contribution in [0.25, 0.3) is 0 Å². The van der Waals surface area contributed by atoms with Crippen molar-refractivity contribution in [1.29, 1.82) is 0 Å². The Hall–Kier alpha value is -2.55. The van der Waals surface area contributed by atoms with E-state index >= 15 is 0 Å². The molecule has 3 heterocycles. The zero-order chi connectivity index (χ0) is 22.7. The lowest BCUT2D eigenvalue weighted by molar-refractivity contribution is -0.344. The monoisotopic (exact) mass is 450 g/mol. The number of rotatable bonds is 6. The molecule has 1 aromatic heterocycles. The highest BCUT2D eigenvalue weighted by atomic mass is 19.4. The van der Waals surface area contributed by atoms with Crippen LogP contribution < -0.4 is 10.2 Å². The highest BCUT2D eigenvalue weighted by Crippen LogP contribution is 2.27. The Balaban J connectivity index is 1.32. The number of hydrogen-bond donors (Lipinski definition) is 1. The molecule has 2 aliphatic rings. The molecule has 1 N–H and O–H groups in total. The molecular formula is C23H29F3N4O2. The van der Waals surface area contributed by atoms with Gasteiger partial charge in [0.1, 0.15) is 11.5 Å². The van der Waals surface area contributed by atoms with Gasteiger partial charge < -0.3 is 14.8 Å². The van der Waals surface area contributed by atoms with Crippen LogP contribution in [0.4, 0.5) is 18.9 Å². The first-order chi connectivity index (χ1) is 15.3. The van der Waals surface area contributed by atoms with Gasteiger partial charge in [-0.15, -0.1) is 13.2 Å². The van der Waals surface area contributed by atoms with Crippen LogP contribution in [0.2, 0.25) is 0 Å². The molecule has 9 heteroatoms. The van der Waals surface area contributed by atoms with Crippen LogP contribution in [0.15, 0.2) is 24.3 Å². The number of carbonyl (C=O) groups excluding carboxylic acids is 1. The van der Waals surface area contributed by atoms with Gasteiger partial charge >= 0.3 is 6.36 Å². The van der Waals surface area contributed by atoms with Crippen molar-refractivity contribution in [3.63, 3.8) is 0 Å². The first kappa shape index (κ1) is 22.6. The predicted molar refractivity (Wildman–Crippen MR) is 115 cm³/mol. The Morgan fingerprint density at radius 3 is 2.53 bits per heavy atom. The number of alkyl halides is 3. The number of imidazole rings is 1. The second-order valence-electron chi connectivity index (χ2n) is 8.38. The fourth-order valence-electron chi connectivity index (χ4n) is 4.55. The van der Waals surface area contributed by atoms with Gasteiger partial charge in [-0.3, -0.25) is 9.53 Å². The average Bonchev–Trinajstić information content (AvgIpc) is 3.16. The van der Waals surface area contributed by atoms with E-state index in [0.717, 1.165) is 55.0 Å². The van der Waals surface area contributed by atoms with Crippen LogP contribution in [0, 0.1) is 0 Å². The maximum absolute atomic E-state index is 12.9. The van der Waals surface area contributed by atoms with Gasteiger partial charge in [-0.2, -0.15) is 0 Å². The van der Waals surface area contributed by atoms with Crippen LogP contribution in [-0.2, 0) is 30.7 Å². The minimum Gasteiger partial charge on any atom is -0.371 e. The van der Waals surface area contributed by atoms with Gasteiger partial charge in [0.25, 0.3) is 5.91 Å². The fourth-order valence-corrected chi connectivity index (χ4v) is 4.55. The number of fused-ring (bicyclic) bond motifs is 1. The van der Waals surface area contributed by atoms with E-state index in [0.29, 0.717) is 38.2 Å². The van der Waals surface area contributed by atoms with Crippen molar-refractivity contribution < 1.29 is 22.7 Å². The number of nitrogens with one attached hydrogen (secondary N) is 1. The number of amides is 1. The molecule has 0 radical (unpaired) electrons. The third-order valence-electron chi connectivity index (χ3n) is 6.20. The van der Waals surface area contributed by atoms with Crippen molar-refractivity contribution in [3.8, 4) is 0 Å². The second kappa shape index (κ2) is 9.52. The standard InChI is InChI=1S/C23H29F3N4O2/c1-2-19-21(30-12-4-3-5-20(30)28-19)22(31)27-15-16-6-8-17(9-7-16)29-13-10-18(11-14-29)32-23(24,25)26/h6-9,18H,2-5,10-15H2,1H3,(H,27,31). The van der Waals surface area contributed by atoms with Gasteiger partial charge in [0.15, 0.2) is 0 Å². The number of halogens is 3. The molecular weight excluding hydrogens is 421 g/mol. The second-order valence-corrected chi connectivity index (χ2v) is 8.38. The van der Waals surface area contributed by atoms with E-state index in [-0.39, 0.29) is 5.91 Å². The number of benzene rings is 1. The maximum atomic E-state index is 12.9. The zero-order valence-electron chi connectivity index (χ0n) is 18.2. The average molecular weight is 451 g/mol. The number of aryl methyl sites for hydroxylation is 2. The molecule has 0 aliphatic carbocycles. The third kappa shape index (κ3) is 5.26. The molecule has 174 valence electrons. The summed E-state index contributed by atoms with van der Waals surface area (Å²) in [5, 5.41) is 3.02. The van der Waals surface area contributed by atoms with Gasteiger partial charge in [0.05, 0.1) is 11.8 Å². The molecule has 2 aliphatic heterocycles. The molecule has 1 saturated heterocycles. The molecule has 32 heavy (non-hydrogen) atoms. The highest BCUT2D eigenvalue weighted by molar-refractivity contribution is 5.94. The van der Waals surface area contributed by atoms with Gasteiger partial charge in [0.2, 0.25) is 0 Å². The molecule has 0 spiro atoms.